The fourth-order valence-electron chi connectivity index (χ4n) is 2.50. The Labute approximate surface area is 122 Å². The van der Waals surface area contributed by atoms with E-state index in [1.165, 1.54) is 16.9 Å². The van der Waals surface area contributed by atoms with E-state index >= 15 is 0 Å². The molecule has 1 aromatic carbocycles. The van der Waals surface area contributed by atoms with Crippen molar-refractivity contribution in [2.24, 2.45) is 5.73 Å². The van der Waals surface area contributed by atoms with Crippen LogP contribution in [0.4, 0.5) is 0 Å². The van der Waals surface area contributed by atoms with Crippen LogP contribution in [0.5, 0.6) is 0 Å². The molecule has 3 rings (SSSR count). The van der Waals surface area contributed by atoms with Gasteiger partial charge in [-0.15, -0.1) is 0 Å². The number of rotatable bonds is 2. The van der Waals surface area contributed by atoms with Gasteiger partial charge in [-0.25, -0.2) is 0 Å². The number of fused-ring (bicyclic) bond motifs is 1. The molecule has 0 radical (unpaired) electrons. The molecule has 1 saturated heterocycles. The molecule has 0 spiro atoms. The Bertz CT molecular complexity index is 573. The van der Waals surface area contributed by atoms with E-state index < -0.39 is 0 Å². The van der Waals surface area contributed by atoms with Crippen LogP contribution < -0.4 is 5.73 Å². The van der Waals surface area contributed by atoms with Gasteiger partial charge < -0.3 is 5.73 Å². The summed E-state index contributed by atoms with van der Waals surface area (Å²) in [5.74, 6) is 2.44. The predicted molar refractivity (Wildman–Crippen MR) is 86.8 cm³/mol. The molecule has 0 amide bonds. The molecule has 100 valence electrons. The first-order valence-electron chi connectivity index (χ1n) is 6.59. The number of aromatic nitrogens is 1. The van der Waals surface area contributed by atoms with Crippen molar-refractivity contribution in [1.29, 1.82) is 0 Å². The molecule has 1 fully saturated rings. The smallest absolute Gasteiger partial charge is 0.0702 e. The number of nitrogens with zero attached hydrogens (tertiary/aromatic N) is 1. The highest BCUT2D eigenvalue weighted by Gasteiger charge is 2.29. The van der Waals surface area contributed by atoms with Crippen molar-refractivity contribution in [1.82, 2.24) is 4.98 Å². The Morgan fingerprint density at radius 1 is 1.26 bits per heavy atom. The van der Waals surface area contributed by atoms with Crippen molar-refractivity contribution in [2.45, 2.75) is 23.5 Å². The molecule has 0 saturated carbocycles. The maximum absolute atomic E-state index is 6.48. The van der Waals surface area contributed by atoms with Crippen LogP contribution in [0, 0.1) is 0 Å². The second-order valence-electron chi connectivity index (χ2n) is 4.90. The second-order valence-corrected chi connectivity index (χ2v) is 7.67. The number of para-hydroxylation sites is 1. The van der Waals surface area contributed by atoms with E-state index in [2.05, 4.69) is 24.0 Å². The van der Waals surface area contributed by atoms with Crippen LogP contribution >= 0.6 is 23.5 Å². The molecule has 1 aromatic heterocycles. The summed E-state index contributed by atoms with van der Waals surface area (Å²) < 4.78 is 0. The van der Waals surface area contributed by atoms with E-state index in [1.54, 1.807) is 0 Å². The van der Waals surface area contributed by atoms with Gasteiger partial charge in [0.05, 0.1) is 5.52 Å². The number of nitrogens with two attached hydrogens (primary N) is 1. The van der Waals surface area contributed by atoms with Gasteiger partial charge in [-0.05, 0) is 17.7 Å². The van der Waals surface area contributed by atoms with Crippen LogP contribution in [0.2, 0.25) is 0 Å². The van der Waals surface area contributed by atoms with Gasteiger partial charge in [0, 0.05) is 39.6 Å². The number of thioether (sulfide) groups is 2. The first-order valence-corrected chi connectivity index (χ1v) is 8.69. The summed E-state index contributed by atoms with van der Waals surface area (Å²) in [5, 5.41) is 2.28. The van der Waals surface area contributed by atoms with E-state index in [9.17, 15) is 0 Å². The fourth-order valence-corrected chi connectivity index (χ4v) is 5.38. The number of benzene rings is 1. The summed E-state index contributed by atoms with van der Waals surface area (Å²) in [7, 11) is 0. The lowest BCUT2D eigenvalue weighted by Crippen LogP contribution is -2.34. The van der Waals surface area contributed by atoms with Crippen molar-refractivity contribution in [3.05, 3.63) is 42.1 Å². The molecule has 2 heterocycles. The lowest BCUT2D eigenvalue weighted by atomic mass is 10.0. The van der Waals surface area contributed by atoms with Crippen molar-refractivity contribution in [3.63, 3.8) is 0 Å². The molecule has 19 heavy (non-hydrogen) atoms. The molecule has 0 bridgehead atoms. The average Bonchev–Trinajstić information content (AvgIpc) is 2.46. The van der Waals surface area contributed by atoms with E-state index in [0.29, 0.717) is 10.5 Å². The van der Waals surface area contributed by atoms with Gasteiger partial charge in [0.15, 0.2) is 0 Å². The van der Waals surface area contributed by atoms with Crippen molar-refractivity contribution >= 4 is 34.4 Å². The van der Waals surface area contributed by atoms with Crippen LogP contribution in [-0.2, 0) is 0 Å². The van der Waals surface area contributed by atoms with Gasteiger partial charge in [-0.1, -0.05) is 25.1 Å². The Kier molecular flexibility index (Phi) is 4.01. The molecule has 2 N–H and O–H groups in total. The first kappa shape index (κ1) is 13.3. The number of hydrogen-bond donors (Lipinski definition) is 1. The Hall–Kier alpha value is -0.710. The summed E-state index contributed by atoms with van der Waals surface area (Å²) in [4.78, 5) is 4.53. The van der Waals surface area contributed by atoms with Crippen LogP contribution in [-0.4, -0.2) is 27.0 Å². The van der Waals surface area contributed by atoms with Gasteiger partial charge in [-0.3, -0.25) is 4.98 Å². The normalized spacial score (nSPS) is 25.4. The molecule has 1 aliphatic heterocycles. The lowest BCUT2D eigenvalue weighted by Gasteiger charge is -2.32. The topological polar surface area (TPSA) is 38.9 Å². The SMILES string of the molecule is CC1SCCSC1C(N)c1cnc2ccccc2c1. The van der Waals surface area contributed by atoms with Gasteiger partial charge in [-0.2, -0.15) is 23.5 Å². The molecule has 3 atom stereocenters. The third kappa shape index (κ3) is 2.76. The van der Waals surface area contributed by atoms with E-state index in [4.69, 9.17) is 5.73 Å². The summed E-state index contributed by atoms with van der Waals surface area (Å²) in [6.45, 7) is 2.29. The highest BCUT2D eigenvalue weighted by Crippen LogP contribution is 2.37. The molecular formula is C15H18N2S2. The zero-order valence-corrected chi connectivity index (χ0v) is 12.6. The van der Waals surface area contributed by atoms with Crippen LogP contribution in [0.3, 0.4) is 0 Å². The zero-order chi connectivity index (χ0) is 13.2. The zero-order valence-electron chi connectivity index (χ0n) is 11.0. The number of pyridine rings is 1. The third-order valence-electron chi connectivity index (χ3n) is 3.59. The standard InChI is InChI=1S/C15H18N2S2/c1-10-15(19-7-6-18-10)14(16)12-8-11-4-2-3-5-13(11)17-9-12/h2-5,8-10,14-15H,6-7,16H2,1H3. The Morgan fingerprint density at radius 3 is 2.89 bits per heavy atom. The van der Waals surface area contributed by atoms with Crippen molar-refractivity contribution in [2.75, 3.05) is 11.5 Å². The summed E-state index contributed by atoms with van der Waals surface area (Å²) in [6, 6.07) is 10.5. The summed E-state index contributed by atoms with van der Waals surface area (Å²) >= 11 is 4.04. The minimum Gasteiger partial charge on any atom is -0.323 e. The van der Waals surface area contributed by atoms with Gasteiger partial charge in [0.2, 0.25) is 0 Å². The highest BCUT2D eigenvalue weighted by atomic mass is 32.2. The van der Waals surface area contributed by atoms with Gasteiger partial charge >= 0.3 is 0 Å². The molecule has 0 aliphatic carbocycles. The maximum Gasteiger partial charge on any atom is 0.0702 e. The number of hydrogen-bond acceptors (Lipinski definition) is 4. The monoisotopic (exact) mass is 290 g/mol. The van der Waals surface area contributed by atoms with Crippen molar-refractivity contribution < 1.29 is 0 Å². The molecule has 2 nitrogen and oxygen atoms in total. The molecular weight excluding hydrogens is 272 g/mol. The second kappa shape index (κ2) is 5.73. The maximum atomic E-state index is 6.48. The van der Waals surface area contributed by atoms with Crippen LogP contribution in [0.25, 0.3) is 10.9 Å². The largest absolute Gasteiger partial charge is 0.323 e. The third-order valence-corrected chi connectivity index (χ3v) is 6.80. The minimum absolute atomic E-state index is 0.0740. The van der Waals surface area contributed by atoms with Gasteiger partial charge in [0.25, 0.3) is 0 Å². The van der Waals surface area contributed by atoms with Crippen molar-refractivity contribution in [3.8, 4) is 0 Å². The van der Waals surface area contributed by atoms with E-state index in [0.717, 1.165) is 11.1 Å². The Morgan fingerprint density at radius 2 is 2.05 bits per heavy atom. The van der Waals surface area contributed by atoms with Crippen LogP contribution in [0.1, 0.15) is 18.5 Å². The Balaban J connectivity index is 1.90. The average molecular weight is 290 g/mol. The lowest BCUT2D eigenvalue weighted by molar-refractivity contribution is 0.662. The quantitative estimate of drug-likeness (QED) is 0.919. The fraction of sp³-hybridized carbons (Fsp3) is 0.400. The first-order chi connectivity index (χ1) is 9.25. The van der Waals surface area contributed by atoms with Gasteiger partial charge in [0.1, 0.15) is 0 Å². The highest BCUT2D eigenvalue weighted by molar-refractivity contribution is 8.07. The molecule has 4 heteroatoms. The summed E-state index contributed by atoms with van der Waals surface area (Å²) in [5.41, 5.74) is 8.67. The molecule has 3 unspecified atom stereocenters. The minimum atomic E-state index is 0.0740. The van der Waals surface area contributed by atoms with E-state index in [-0.39, 0.29) is 6.04 Å². The van der Waals surface area contributed by atoms with E-state index in [1.807, 2.05) is 47.9 Å². The predicted octanol–water partition coefficient (Wildman–Crippen LogP) is 3.47. The molecule has 2 aromatic rings. The molecule has 1 aliphatic rings. The summed E-state index contributed by atoms with van der Waals surface area (Å²) in [6.07, 6.45) is 1.94. The van der Waals surface area contributed by atoms with Crippen LogP contribution in [0.15, 0.2) is 36.5 Å².